The second kappa shape index (κ2) is 11.0. The first-order chi connectivity index (χ1) is 12.8. The van der Waals surface area contributed by atoms with Crippen LogP contribution in [0.1, 0.15) is 23.6 Å². The minimum Gasteiger partial charge on any atom is -0.478 e. The Bertz CT molecular complexity index is 799. The number of hydrogen-bond acceptors (Lipinski definition) is 3. The molecule has 0 aliphatic carbocycles. The van der Waals surface area contributed by atoms with Crippen molar-refractivity contribution in [2.75, 3.05) is 13.7 Å². The minimum absolute atomic E-state index is 0. The van der Waals surface area contributed by atoms with Gasteiger partial charge in [-0.15, -0.1) is 24.0 Å². The predicted octanol–water partition coefficient (Wildman–Crippen LogP) is 4.12. The van der Waals surface area contributed by atoms with Gasteiger partial charge in [-0.05, 0) is 36.2 Å². The van der Waals surface area contributed by atoms with Crippen LogP contribution in [-0.2, 0) is 19.3 Å². The second-order valence-electron chi connectivity index (χ2n) is 5.51. The molecule has 0 aliphatic heterocycles. The van der Waals surface area contributed by atoms with Crippen molar-refractivity contribution in [3.05, 3.63) is 59.0 Å². The van der Waals surface area contributed by atoms with E-state index < -0.39 is 17.6 Å². The van der Waals surface area contributed by atoms with E-state index in [0.717, 1.165) is 17.7 Å². The summed E-state index contributed by atoms with van der Waals surface area (Å²) in [6.45, 7) is 2.56. The lowest BCUT2D eigenvalue weighted by Gasteiger charge is -2.16. The van der Waals surface area contributed by atoms with Crippen molar-refractivity contribution in [2.45, 2.75) is 26.2 Å². The molecule has 154 valence electrons. The first kappa shape index (κ1) is 23.9. The normalized spacial score (nSPS) is 11.6. The van der Waals surface area contributed by atoms with Crippen LogP contribution in [-0.4, -0.2) is 24.6 Å². The van der Waals surface area contributed by atoms with E-state index in [1.165, 1.54) is 7.05 Å². The van der Waals surface area contributed by atoms with E-state index in [9.17, 15) is 17.6 Å². The standard InChI is InChI=1S/C18H20F4N4O.HI/c1-3-27-16-8-12(6-7-24-16)10-25-17(23-2)26-11-13-4-5-14(19)9-15(13)18(20,21)22;/h4-9H,3,10-11H2,1-2H3,(H2,23,25,26);1H. The summed E-state index contributed by atoms with van der Waals surface area (Å²) in [5, 5.41) is 5.79. The third kappa shape index (κ3) is 7.13. The highest BCUT2D eigenvalue weighted by molar-refractivity contribution is 14.0. The van der Waals surface area contributed by atoms with Crippen LogP contribution in [0.15, 0.2) is 41.5 Å². The summed E-state index contributed by atoms with van der Waals surface area (Å²) in [6.07, 6.45) is -3.03. The van der Waals surface area contributed by atoms with Gasteiger partial charge in [0.2, 0.25) is 5.88 Å². The van der Waals surface area contributed by atoms with Gasteiger partial charge in [0.15, 0.2) is 5.96 Å². The number of hydrogen-bond donors (Lipinski definition) is 2. The maximum Gasteiger partial charge on any atom is 0.416 e. The van der Waals surface area contributed by atoms with Gasteiger partial charge in [-0.3, -0.25) is 4.99 Å². The first-order valence-corrected chi connectivity index (χ1v) is 8.21. The number of halogens is 5. The van der Waals surface area contributed by atoms with E-state index >= 15 is 0 Å². The second-order valence-corrected chi connectivity index (χ2v) is 5.51. The van der Waals surface area contributed by atoms with Gasteiger partial charge in [0.1, 0.15) is 5.82 Å². The molecule has 0 amide bonds. The zero-order valence-corrected chi connectivity index (χ0v) is 17.6. The number of benzene rings is 1. The fourth-order valence-corrected chi connectivity index (χ4v) is 2.34. The zero-order chi connectivity index (χ0) is 19.9. The third-order valence-electron chi connectivity index (χ3n) is 3.60. The average molecular weight is 512 g/mol. The van der Waals surface area contributed by atoms with Gasteiger partial charge in [-0.2, -0.15) is 13.2 Å². The lowest BCUT2D eigenvalue weighted by Crippen LogP contribution is -2.36. The fraction of sp³-hybridized carbons (Fsp3) is 0.333. The van der Waals surface area contributed by atoms with Crippen LogP contribution >= 0.6 is 24.0 Å². The Hall–Kier alpha value is -2.11. The molecule has 5 nitrogen and oxygen atoms in total. The van der Waals surface area contributed by atoms with Gasteiger partial charge >= 0.3 is 6.18 Å². The Morgan fingerprint density at radius 1 is 1.14 bits per heavy atom. The van der Waals surface area contributed by atoms with Gasteiger partial charge in [0.05, 0.1) is 12.2 Å². The number of aliphatic imine (C=N–C) groups is 1. The van der Waals surface area contributed by atoms with E-state index in [2.05, 4.69) is 20.6 Å². The number of ether oxygens (including phenoxy) is 1. The molecular formula is C18H21F4IN4O. The number of alkyl halides is 3. The molecule has 28 heavy (non-hydrogen) atoms. The maximum atomic E-state index is 13.2. The van der Waals surface area contributed by atoms with Crippen LogP contribution in [0.2, 0.25) is 0 Å². The topological polar surface area (TPSA) is 58.5 Å². The van der Waals surface area contributed by atoms with E-state index in [1.54, 1.807) is 18.3 Å². The molecule has 0 atom stereocenters. The average Bonchev–Trinajstić information content (AvgIpc) is 2.62. The van der Waals surface area contributed by atoms with E-state index in [0.29, 0.717) is 31.1 Å². The Morgan fingerprint density at radius 2 is 1.86 bits per heavy atom. The van der Waals surface area contributed by atoms with Crippen molar-refractivity contribution in [3.63, 3.8) is 0 Å². The summed E-state index contributed by atoms with van der Waals surface area (Å²) in [6, 6.07) is 6.12. The number of pyridine rings is 1. The molecule has 0 saturated heterocycles. The monoisotopic (exact) mass is 512 g/mol. The summed E-state index contributed by atoms with van der Waals surface area (Å²) in [4.78, 5) is 8.04. The fourth-order valence-electron chi connectivity index (χ4n) is 2.34. The predicted molar refractivity (Wildman–Crippen MR) is 109 cm³/mol. The molecule has 0 aliphatic rings. The molecule has 10 heteroatoms. The van der Waals surface area contributed by atoms with Crippen molar-refractivity contribution >= 4 is 29.9 Å². The van der Waals surface area contributed by atoms with Gasteiger partial charge < -0.3 is 15.4 Å². The number of nitrogens with one attached hydrogen (secondary N) is 2. The Kier molecular flexibility index (Phi) is 9.42. The van der Waals surface area contributed by atoms with Crippen LogP contribution in [0.5, 0.6) is 5.88 Å². The highest BCUT2D eigenvalue weighted by Gasteiger charge is 2.33. The van der Waals surface area contributed by atoms with Crippen molar-refractivity contribution in [3.8, 4) is 5.88 Å². The lowest BCUT2D eigenvalue weighted by atomic mass is 10.1. The molecular weight excluding hydrogens is 491 g/mol. The van der Waals surface area contributed by atoms with Crippen molar-refractivity contribution in [1.82, 2.24) is 15.6 Å². The van der Waals surface area contributed by atoms with Gasteiger partial charge in [0, 0.05) is 32.4 Å². The molecule has 1 aromatic carbocycles. The molecule has 2 rings (SSSR count). The van der Waals surface area contributed by atoms with Crippen LogP contribution in [0.4, 0.5) is 17.6 Å². The summed E-state index contributed by atoms with van der Waals surface area (Å²) < 4.78 is 57.6. The van der Waals surface area contributed by atoms with E-state index in [4.69, 9.17) is 4.74 Å². The lowest BCUT2D eigenvalue weighted by molar-refractivity contribution is -0.138. The third-order valence-corrected chi connectivity index (χ3v) is 3.60. The summed E-state index contributed by atoms with van der Waals surface area (Å²) in [5.41, 5.74) is -0.218. The molecule has 1 heterocycles. The Labute approximate surface area is 177 Å². The van der Waals surface area contributed by atoms with Gasteiger partial charge in [-0.1, -0.05) is 6.07 Å². The van der Waals surface area contributed by atoms with Crippen LogP contribution < -0.4 is 15.4 Å². The molecule has 1 aromatic heterocycles. The largest absolute Gasteiger partial charge is 0.478 e. The maximum absolute atomic E-state index is 13.2. The number of aromatic nitrogens is 1. The number of rotatable bonds is 6. The molecule has 0 radical (unpaired) electrons. The van der Waals surface area contributed by atoms with Crippen molar-refractivity contribution in [2.24, 2.45) is 4.99 Å². The van der Waals surface area contributed by atoms with Crippen molar-refractivity contribution < 1.29 is 22.3 Å². The first-order valence-electron chi connectivity index (χ1n) is 8.21. The van der Waals surface area contributed by atoms with Crippen LogP contribution in [0.3, 0.4) is 0 Å². The zero-order valence-electron chi connectivity index (χ0n) is 15.3. The van der Waals surface area contributed by atoms with E-state index in [-0.39, 0.29) is 36.1 Å². The molecule has 0 spiro atoms. The number of nitrogens with zero attached hydrogens (tertiary/aromatic N) is 2. The molecule has 2 N–H and O–H groups in total. The molecule has 0 fully saturated rings. The Balaban J connectivity index is 0.00000392. The molecule has 2 aromatic rings. The van der Waals surface area contributed by atoms with E-state index in [1.807, 2.05) is 6.92 Å². The molecule has 0 unspecified atom stereocenters. The SMILES string of the molecule is CCOc1cc(CNC(=NC)NCc2ccc(F)cc2C(F)(F)F)ccn1.I. The molecule has 0 bridgehead atoms. The number of guanidine groups is 1. The van der Waals surface area contributed by atoms with Crippen LogP contribution in [0.25, 0.3) is 0 Å². The summed E-state index contributed by atoms with van der Waals surface area (Å²) >= 11 is 0. The van der Waals surface area contributed by atoms with Crippen LogP contribution in [0, 0.1) is 5.82 Å². The Morgan fingerprint density at radius 3 is 2.50 bits per heavy atom. The smallest absolute Gasteiger partial charge is 0.416 e. The quantitative estimate of drug-likeness (QED) is 0.265. The summed E-state index contributed by atoms with van der Waals surface area (Å²) in [7, 11) is 1.50. The van der Waals surface area contributed by atoms with Crippen molar-refractivity contribution in [1.29, 1.82) is 0 Å². The van der Waals surface area contributed by atoms with Gasteiger partial charge in [0.25, 0.3) is 0 Å². The minimum atomic E-state index is -4.64. The highest BCUT2D eigenvalue weighted by Crippen LogP contribution is 2.32. The summed E-state index contributed by atoms with van der Waals surface area (Å²) in [5.74, 6) is -0.139. The van der Waals surface area contributed by atoms with Gasteiger partial charge in [-0.25, -0.2) is 9.37 Å². The molecule has 0 saturated carbocycles. The highest BCUT2D eigenvalue weighted by atomic mass is 127.